The molecule has 3 aromatic rings. The number of amides is 1. The van der Waals surface area contributed by atoms with Crippen molar-refractivity contribution in [3.63, 3.8) is 0 Å². The molecule has 6 nitrogen and oxygen atoms in total. The highest BCUT2D eigenvalue weighted by Crippen LogP contribution is 2.23. The molecule has 0 aliphatic rings. The normalized spacial score (nSPS) is 11.2. The van der Waals surface area contributed by atoms with Crippen molar-refractivity contribution in [2.45, 2.75) is 0 Å². The van der Waals surface area contributed by atoms with Gasteiger partial charge in [-0.3, -0.25) is 9.78 Å². The van der Waals surface area contributed by atoms with Gasteiger partial charge in [0.05, 0.1) is 5.56 Å². The van der Waals surface area contributed by atoms with Crippen molar-refractivity contribution in [1.29, 1.82) is 0 Å². The van der Waals surface area contributed by atoms with Gasteiger partial charge in [-0.2, -0.15) is 0 Å². The summed E-state index contributed by atoms with van der Waals surface area (Å²) in [5, 5.41) is 11.7. The molecule has 26 heavy (non-hydrogen) atoms. The van der Waals surface area contributed by atoms with Crippen LogP contribution in [-0.2, 0) is 4.79 Å². The highest BCUT2D eigenvalue weighted by atomic mass is 79.9. The van der Waals surface area contributed by atoms with Crippen molar-refractivity contribution in [3.05, 3.63) is 82.4 Å². The Hall–Kier alpha value is -3.19. The molecular weight excluding hydrogens is 400 g/mol. The van der Waals surface area contributed by atoms with Crippen molar-refractivity contribution in [2.24, 2.45) is 0 Å². The number of pyridine rings is 1. The summed E-state index contributed by atoms with van der Waals surface area (Å²) in [5.74, 6) is -0.945. The second kappa shape index (κ2) is 7.79. The maximum absolute atomic E-state index is 12.2. The summed E-state index contributed by atoms with van der Waals surface area (Å²) in [7, 11) is 0. The van der Waals surface area contributed by atoms with Crippen LogP contribution in [0.25, 0.3) is 17.4 Å². The van der Waals surface area contributed by atoms with E-state index in [-0.39, 0.29) is 11.3 Å². The molecule has 1 aromatic carbocycles. The number of hydrogen-bond donors (Lipinski definition) is 2. The van der Waals surface area contributed by atoms with Gasteiger partial charge in [0.1, 0.15) is 17.2 Å². The number of aromatic nitrogens is 1. The molecule has 0 radical (unpaired) electrons. The zero-order valence-electron chi connectivity index (χ0n) is 13.3. The minimum Gasteiger partial charge on any atom is -0.477 e. The first kappa shape index (κ1) is 17.6. The monoisotopic (exact) mass is 412 g/mol. The van der Waals surface area contributed by atoms with Gasteiger partial charge in [-0.15, -0.1) is 0 Å². The van der Waals surface area contributed by atoms with Gasteiger partial charge in [0, 0.05) is 28.5 Å². The highest BCUT2D eigenvalue weighted by Gasteiger charge is 2.15. The Kier molecular flexibility index (Phi) is 5.28. The van der Waals surface area contributed by atoms with Crippen LogP contribution in [0.3, 0.4) is 0 Å². The van der Waals surface area contributed by atoms with E-state index in [1.54, 1.807) is 18.2 Å². The average molecular weight is 413 g/mol. The summed E-state index contributed by atoms with van der Waals surface area (Å²) < 4.78 is 6.26. The summed E-state index contributed by atoms with van der Waals surface area (Å²) in [6, 6.07) is 14.3. The molecule has 3 rings (SSSR count). The molecule has 0 fully saturated rings. The third kappa shape index (κ3) is 4.25. The topological polar surface area (TPSA) is 92.4 Å². The first-order chi connectivity index (χ1) is 12.5. The zero-order chi connectivity index (χ0) is 18.5. The fourth-order valence-electron chi connectivity index (χ4n) is 2.21. The van der Waals surface area contributed by atoms with E-state index in [9.17, 15) is 14.7 Å². The van der Waals surface area contributed by atoms with E-state index in [4.69, 9.17) is 4.42 Å². The quantitative estimate of drug-likeness (QED) is 0.618. The minimum absolute atomic E-state index is 0.232. The van der Waals surface area contributed by atoms with Gasteiger partial charge < -0.3 is 14.8 Å². The predicted molar refractivity (Wildman–Crippen MR) is 99.2 cm³/mol. The number of nitrogens with zero attached hydrogens (tertiary/aromatic N) is 1. The number of carbonyl (C=O) groups excluding carboxylic acids is 1. The van der Waals surface area contributed by atoms with Crippen molar-refractivity contribution < 1.29 is 19.1 Å². The number of nitrogens with one attached hydrogen (secondary N) is 1. The van der Waals surface area contributed by atoms with E-state index in [0.29, 0.717) is 16.0 Å². The van der Waals surface area contributed by atoms with Crippen LogP contribution in [0.4, 0.5) is 0 Å². The fraction of sp³-hybridized carbons (Fsp3) is 0. The average Bonchev–Trinajstić information content (AvgIpc) is 3.10. The van der Waals surface area contributed by atoms with Crippen LogP contribution in [0, 0.1) is 0 Å². The molecule has 2 aromatic heterocycles. The van der Waals surface area contributed by atoms with Gasteiger partial charge in [0.15, 0.2) is 0 Å². The number of aliphatic carboxylic acids is 1. The Morgan fingerprint density at radius 2 is 1.88 bits per heavy atom. The molecule has 0 aliphatic carbocycles. The molecule has 0 aliphatic heterocycles. The molecular formula is C19H13BrN2O4. The number of carbonyl (C=O) groups is 2. The van der Waals surface area contributed by atoms with Crippen LogP contribution in [0.5, 0.6) is 0 Å². The lowest BCUT2D eigenvalue weighted by Crippen LogP contribution is -2.27. The molecule has 130 valence electrons. The number of hydrogen-bond acceptors (Lipinski definition) is 4. The van der Waals surface area contributed by atoms with E-state index >= 15 is 0 Å². The highest BCUT2D eigenvalue weighted by molar-refractivity contribution is 9.10. The smallest absolute Gasteiger partial charge is 0.352 e. The summed E-state index contributed by atoms with van der Waals surface area (Å²) >= 11 is 3.22. The van der Waals surface area contributed by atoms with Gasteiger partial charge in [0.25, 0.3) is 5.91 Å². The number of benzene rings is 1. The molecule has 0 saturated heterocycles. The molecule has 0 saturated carbocycles. The maximum atomic E-state index is 12.2. The maximum Gasteiger partial charge on any atom is 0.352 e. The lowest BCUT2D eigenvalue weighted by Gasteiger charge is -2.05. The molecule has 2 N–H and O–H groups in total. The number of halogens is 1. The van der Waals surface area contributed by atoms with Crippen molar-refractivity contribution in [1.82, 2.24) is 10.3 Å². The van der Waals surface area contributed by atoms with Crippen LogP contribution in [0.1, 0.15) is 16.1 Å². The molecule has 0 atom stereocenters. The number of carboxylic acids is 1. The van der Waals surface area contributed by atoms with Gasteiger partial charge in [0.2, 0.25) is 0 Å². The standard InChI is InChI=1S/C19H13BrN2O4/c20-14-8-13(10-21-11-14)18(23)22-16(19(24)25)9-15-6-7-17(26-15)12-4-2-1-3-5-12/h1-11H,(H,22,23)(H,24,25). The summed E-state index contributed by atoms with van der Waals surface area (Å²) in [5.41, 5.74) is 0.799. The minimum atomic E-state index is -1.28. The van der Waals surface area contributed by atoms with Gasteiger partial charge in [-0.1, -0.05) is 30.3 Å². The van der Waals surface area contributed by atoms with Gasteiger partial charge >= 0.3 is 5.97 Å². The van der Waals surface area contributed by atoms with E-state index < -0.39 is 11.9 Å². The Bertz CT molecular complexity index is 980. The number of rotatable bonds is 5. The van der Waals surface area contributed by atoms with Crippen LogP contribution < -0.4 is 5.32 Å². The molecule has 0 bridgehead atoms. The summed E-state index contributed by atoms with van der Waals surface area (Å²) in [4.78, 5) is 27.6. The Balaban J connectivity index is 1.83. The third-order valence-electron chi connectivity index (χ3n) is 3.42. The molecule has 2 heterocycles. The Morgan fingerprint density at radius 1 is 1.12 bits per heavy atom. The van der Waals surface area contributed by atoms with E-state index in [0.717, 1.165) is 5.56 Å². The van der Waals surface area contributed by atoms with E-state index in [1.807, 2.05) is 30.3 Å². The van der Waals surface area contributed by atoms with Crippen LogP contribution in [0.2, 0.25) is 0 Å². The second-order valence-corrected chi connectivity index (χ2v) is 6.19. The van der Waals surface area contributed by atoms with E-state index in [2.05, 4.69) is 26.2 Å². The third-order valence-corrected chi connectivity index (χ3v) is 3.85. The van der Waals surface area contributed by atoms with Crippen LogP contribution in [-0.4, -0.2) is 22.0 Å². The van der Waals surface area contributed by atoms with E-state index in [1.165, 1.54) is 18.5 Å². The summed E-state index contributed by atoms with van der Waals surface area (Å²) in [6.07, 6.45) is 4.14. The van der Waals surface area contributed by atoms with Crippen LogP contribution in [0.15, 0.2) is 75.5 Å². The Labute approximate surface area is 157 Å². The molecule has 7 heteroatoms. The number of carboxylic acid groups (broad SMARTS) is 1. The SMILES string of the molecule is O=C(O)C(=Cc1ccc(-c2ccccc2)o1)NC(=O)c1cncc(Br)c1. The first-order valence-corrected chi connectivity index (χ1v) is 8.34. The van der Waals surface area contributed by atoms with Crippen LogP contribution >= 0.6 is 15.9 Å². The van der Waals surface area contributed by atoms with Gasteiger partial charge in [-0.05, 0) is 34.1 Å². The van der Waals surface area contributed by atoms with Crippen molar-refractivity contribution >= 4 is 33.9 Å². The first-order valence-electron chi connectivity index (χ1n) is 7.55. The van der Waals surface area contributed by atoms with Crippen molar-refractivity contribution in [2.75, 3.05) is 0 Å². The predicted octanol–water partition coefficient (Wildman–Crippen LogP) is 3.96. The summed E-state index contributed by atoms with van der Waals surface area (Å²) in [6.45, 7) is 0. The lowest BCUT2D eigenvalue weighted by molar-refractivity contribution is -0.132. The zero-order valence-corrected chi connectivity index (χ0v) is 14.9. The largest absolute Gasteiger partial charge is 0.477 e. The fourth-order valence-corrected chi connectivity index (χ4v) is 2.58. The Morgan fingerprint density at radius 3 is 2.58 bits per heavy atom. The van der Waals surface area contributed by atoms with Gasteiger partial charge in [-0.25, -0.2) is 4.79 Å². The second-order valence-electron chi connectivity index (χ2n) is 5.28. The molecule has 1 amide bonds. The molecule has 0 unspecified atom stereocenters. The lowest BCUT2D eigenvalue weighted by atomic mass is 10.2. The van der Waals surface area contributed by atoms with Crippen molar-refractivity contribution in [3.8, 4) is 11.3 Å². The molecule has 0 spiro atoms. The number of furan rings is 1.